The normalized spacial score (nSPS) is 13.1. The van der Waals surface area contributed by atoms with Gasteiger partial charge in [-0.05, 0) is 66.0 Å². The summed E-state index contributed by atoms with van der Waals surface area (Å²) in [5.41, 5.74) is 10.7. The van der Waals surface area contributed by atoms with Crippen molar-refractivity contribution in [2.75, 3.05) is 0 Å². The predicted octanol–water partition coefficient (Wildman–Crippen LogP) is 7.10. The van der Waals surface area contributed by atoms with Crippen molar-refractivity contribution in [2.45, 2.75) is 61.3 Å². The molecule has 0 aliphatic heterocycles. The zero-order valence-electron chi connectivity index (χ0n) is 21.4. The summed E-state index contributed by atoms with van der Waals surface area (Å²) in [4.78, 5) is 4.95. The number of para-hydroxylation sites is 2. The van der Waals surface area contributed by atoms with Crippen molar-refractivity contribution < 1.29 is 4.57 Å². The topological polar surface area (TPSA) is 21.2 Å². The fourth-order valence-electron chi connectivity index (χ4n) is 5.45. The third-order valence-electron chi connectivity index (χ3n) is 6.68. The molecule has 0 saturated heterocycles. The van der Waals surface area contributed by atoms with Crippen LogP contribution < -0.4 is 4.57 Å². The van der Waals surface area contributed by atoms with Gasteiger partial charge in [-0.25, -0.2) is 4.57 Å². The first-order valence-electron chi connectivity index (χ1n) is 12.1. The highest BCUT2D eigenvalue weighted by Crippen LogP contribution is 2.38. The molecule has 3 aromatic heterocycles. The first-order valence-corrected chi connectivity index (χ1v) is 12.1. The number of hydrogen-bond donors (Lipinski definition) is 0. The summed E-state index contributed by atoms with van der Waals surface area (Å²) in [5, 5.41) is 2.49. The Kier molecular flexibility index (Phi) is 4.83. The van der Waals surface area contributed by atoms with Crippen LogP contribution in [-0.4, -0.2) is 9.38 Å². The molecule has 170 valence electrons. The molecule has 0 spiro atoms. The molecule has 0 radical (unpaired) electrons. The molecule has 3 heteroatoms. The number of aryl methyl sites for hydroxylation is 2. The van der Waals surface area contributed by atoms with E-state index in [4.69, 9.17) is 4.98 Å². The summed E-state index contributed by atoms with van der Waals surface area (Å²) in [7, 11) is 2.19. The van der Waals surface area contributed by atoms with Crippen LogP contribution in [-0.2, 0) is 19.9 Å². The Hall–Kier alpha value is -2.94. The van der Waals surface area contributed by atoms with E-state index < -0.39 is 0 Å². The number of benzene rings is 2. The van der Waals surface area contributed by atoms with E-state index in [9.17, 15) is 0 Å². The maximum absolute atomic E-state index is 4.95. The third-order valence-corrected chi connectivity index (χ3v) is 6.68. The van der Waals surface area contributed by atoms with Crippen LogP contribution in [0.3, 0.4) is 0 Å². The molecule has 3 heterocycles. The van der Waals surface area contributed by atoms with Gasteiger partial charge in [0.25, 0.3) is 5.65 Å². The zero-order valence-corrected chi connectivity index (χ0v) is 21.4. The molecule has 3 nitrogen and oxygen atoms in total. The summed E-state index contributed by atoms with van der Waals surface area (Å²) in [6.07, 6.45) is 4.04. The number of hydrogen-bond acceptors (Lipinski definition) is 1. The molecule has 0 fully saturated rings. The van der Waals surface area contributed by atoms with Crippen LogP contribution in [0.25, 0.3) is 38.5 Å². The summed E-state index contributed by atoms with van der Waals surface area (Å²) in [6, 6.07) is 15.6. The monoisotopic (exact) mass is 438 g/mol. The molecule has 5 rings (SSSR count). The minimum Gasteiger partial charge on any atom is -0.255 e. The van der Waals surface area contributed by atoms with E-state index in [1.165, 1.54) is 49.7 Å². The average Bonchev–Trinajstić information content (AvgIpc) is 3.01. The molecule has 0 amide bonds. The van der Waals surface area contributed by atoms with E-state index in [2.05, 4.69) is 107 Å². The minimum atomic E-state index is 0.174. The zero-order chi connectivity index (χ0) is 23.7. The quantitative estimate of drug-likeness (QED) is 0.213. The predicted molar refractivity (Wildman–Crippen MR) is 140 cm³/mol. The van der Waals surface area contributed by atoms with E-state index in [0.29, 0.717) is 0 Å². The number of imidazole rings is 1. The van der Waals surface area contributed by atoms with Crippen molar-refractivity contribution in [3.8, 4) is 0 Å². The van der Waals surface area contributed by atoms with Gasteiger partial charge in [0.1, 0.15) is 5.52 Å². The lowest BCUT2D eigenvalue weighted by Crippen LogP contribution is -2.27. The van der Waals surface area contributed by atoms with Gasteiger partial charge < -0.3 is 0 Å². The second-order valence-corrected chi connectivity index (χ2v) is 12.1. The van der Waals surface area contributed by atoms with Crippen molar-refractivity contribution in [3.05, 3.63) is 65.4 Å². The molecule has 0 aliphatic carbocycles. The van der Waals surface area contributed by atoms with Crippen molar-refractivity contribution in [1.82, 2.24) is 9.38 Å². The Labute approximate surface area is 197 Å². The van der Waals surface area contributed by atoms with Crippen molar-refractivity contribution in [1.29, 1.82) is 0 Å². The number of aromatic nitrogens is 3. The van der Waals surface area contributed by atoms with Crippen LogP contribution >= 0.6 is 0 Å². The molecule has 0 unspecified atom stereocenters. The Morgan fingerprint density at radius 3 is 2.27 bits per heavy atom. The fraction of sp³-hybridized carbons (Fsp3) is 0.400. The maximum atomic E-state index is 4.95. The number of pyridine rings is 2. The second-order valence-electron chi connectivity index (χ2n) is 12.1. The van der Waals surface area contributed by atoms with Gasteiger partial charge in [0.2, 0.25) is 0 Å². The van der Waals surface area contributed by atoms with E-state index in [-0.39, 0.29) is 10.8 Å². The summed E-state index contributed by atoms with van der Waals surface area (Å²) >= 11 is 0. The molecule has 5 aromatic rings. The number of rotatable bonds is 2. The first-order chi connectivity index (χ1) is 15.5. The lowest BCUT2D eigenvalue weighted by atomic mass is 9.80. The maximum Gasteiger partial charge on any atom is 0.297 e. The summed E-state index contributed by atoms with van der Waals surface area (Å²) in [6.45, 7) is 16.3. The molecule has 0 atom stereocenters. The molecule has 0 N–H and O–H groups in total. The Morgan fingerprint density at radius 2 is 1.58 bits per heavy atom. The van der Waals surface area contributed by atoms with Crippen molar-refractivity contribution in [2.24, 2.45) is 17.9 Å². The summed E-state index contributed by atoms with van der Waals surface area (Å²) in [5.74, 6) is 0. The van der Waals surface area contributed by atoms with E-state index >= 15 is 0 Å². The molecular weight excluding hydrogens is 402 g/mol. The van der Waals surface area contributed by atoms with Crippen LogP contribution in [0.4, 0.5) is 0 Å². The van der Waals surface area contributed by atoms with Crippen LogP contribution in [0.15, 0.2) is 48.7 Å². The molecule has 2 aromatic carbocycles. The molecule has 0 bridgehead atoms. The highest BCUT2D eigenvalue weighted by atomic mass is 15.1. The van der Waals surface area contributed by atoms with Crippen molar-refractivity contribution in [3.63, 3.8) is 0 Å². The average molecular weight is 439 g/mol. The van der Waals surface area contributed by atoms with Gasteiger partial charge in [0.15, 0.2) is 11.0 Å². The fourth-order valence-corrected chi connectivity index (χ4v) is 5.45. The standard InChI is InChI=1S/C30H36N3/c1-19-15-16-31-26-21-14-13-20(17-29(2,3)4)22(18-30(5,6)7)27(21)33-24-12-10-9-11-23(24)32(8)28(33)25(19)26/h9-16H,17-18H2,1-8H3/q+1. The van der Waals surface area contributed by atoms with E-state index in [1.54, 1.807) is 0 Å². The first kappa shape index (κ1) is 21.9. The lowest BCUT2D eigenvalue weighted by Gasteiger charge is -2.25. The minimum absolute atomic E-state index is 0.174. The summed E-state index contributed by atoms with van der Waals surface area (Å²) < 4.78 is 4.87. The molecular formula is C30H36N3+. The van der Waals surface area contributed by atoms with Crippen LogP contribution in [0.2, 0.25) is 0 Å². The highest BCUT2D eigenvalue weighted by Gasteiger charge is 2.29. The second kappa shape index (κ2) is 7.28. The van der Waals surface area contributed by atoms with Gasteiger partial charge in [0, 0.05) is 17.1 Å². The number of nitrogens with zero attached hydrogens (tertiary/aromatic N) is 3. The lowest BCUT2D eigenvalue weighted by molar-refractivity contribution is -0.617. The van der Waals surface area contributed by atoms with Gasteiger partial charge >= 0.3 is 0 Å². The number of fused-ring (bicyclic) bond motifs is 8. The Bertz CT molecular complexity index is 1540. The van der Waals surface area contributed by atoms with Crippen molar-refractivity contribution >= 4 is 38.5 Å². The van der Waals surface area contributed by atoms with Gasteiger partial charge in [-0.3, -0.25) is 4.98 Å². The van der Waals surface area contributed by atoms with E-state index in [1.807, 2.05) is 6.20 Å². The van der Waals surface area contributed by atoms with Crippen LogP contribution in [0.1, 0.15) is 58.2 Å². The highest BCUT2D eigenvalue weighted by molar-refractivity contribution is 6.12. The van der Waals surface area contributed by atoms with Gasteiger partial charge in [-0.2, -0.15) is 4.40 Å². The largest absolute Gasteiger partial charge is 0.297 e. The third kappa shape index (κ3) is 3.58. The van der Waals surface area contributed by atoms with Gasteiger partial charge in [-0.15, -0.1) is 0 Å². The SMILES string of the molecule is Cc1ccnc2c3ccc(CC(C)(C)C)c(CC(C)(C)C)c3n3c4ccccc4[n+](C)c3c12. The molecule has 0 saturated carbocycles. The van der Waals surface area contributed by atoms with Crippen LogP contribution in [0.5, 0.6) is 0 Å². The Morgan fingerprint density at radius 1 is 0.879 bits per heavy atom. The van der Waals surface area contributed by atoms with Gasteiger partial charge in [-0.1, -0.05) is 59.7 Å². The molecule has 33 heavy (non-hydrogen) atoms. The molecule has 0 aliphatic rings. The van der Waals surface area contributed by atoms with E-state index in [0.717, 1.165) is 18.4 Å². The smallest absolute Gasteiger partial charge is 0.255 e. The van der Waals surface area contributed by atoms with Crippen LogP contribution in [0, 0.1) is 17.8 Å². The Balaban J connectivity index is 2.11. The van der Waals surface area contributed by atoms with Gasteiger partial charge in [0.05, 0.1) is 18.0 Å².